The summed E-state index contributed by atoms with van der Waals surface area (Å²) >= 11 is 0. The molecule has 1 heterocycles. The van der Waals surface area contributed by atoms with Crippen LogP contribution in [0, 0.1) is 5.92 Å². The van der Waals surface area contributed by atoms with Gasteiger partial charge in [0.1, 0.15) is 0 Å². The van der Waals surface area contributed by atoms with Crippen LogP contribution in [0.4, 0.5) is 0 Å². The Bertz CT molecular complexity index is 408. The topological polar surface area (TPSA) is 29.3 Å². The molecular weight excluding hydrogens is 232 g/mol. The van der Waals surface area contributed by atoms with E-state index in [0.717, 1.165) is 12.5 Å². The molecule has 2 N–H and O–H groups in total. The maximum atomic E-state index is 6.02. The summed E-state index contributed by atoms with van der Waals surface area (Å²) in [6.07, 6.45) is 6.67. The van der Waals surface area contributed by atoms with E-state index in [0.29, 0.717) is 12.0 Å². The van der Waals surface area contributed by atoms with Gasteiger partial charge in [-0.1, -0.05) is 30.7 Å². The Balaban J connectivity index is 1.83. The summed E-state index contributed by atoms with van der Waals surface area (Å²) in [5.41, 5.74) is 9.02. The van der Waals surface area contributed by atoms with E-state index in [1.807, 2.05) is 0 Å². The van der Waals surface area contributed by atoms with Crippen LogP contribution in [0.25, 0.3) is 0 Å². The third-order valence-electron chi connectivity index (χ3n) is 4.89. The fourth-order valence-electron chi connectivity index (χ4n) is 3.58. The van der Waals surface area contributed by atoms with Crippen molar-refractivity contribution in [1.82, 2.24) is 4.90 Å². The minimum atomic E-state index is 0.515. The van der Waals surface area contributed by atoms with Gasteiger partial charge in [0, 0.05) is 6.04 Å². The lowest BCUT2D eigenvalue weighted by atomic mass is 9.89. The number of nitrogens with two attached hydrogens (primary N) is 1. The van der Waals surface area contributed by atoms with Crippen LogP contribution in [-0.2, 0) is 0 Å². The average Bonchev–Trinajstić information content (AvgIpc) is 3.26. The number of nitrogens with zero attached hydrogens (tertiary/aromatic N) is 1. The molecule has 3 rings (SSSR count). The summed E-state index contributed by atoms with van der Waals surface area (Å²) in [6, 6.07) is 9.91. The van der Waals surface area contributed by atoms with Gasteiger partial charge < -0.3 is 5.73 Å². The zero-order chi connectivity index (χ0) is 13.2. The Labute approximate surface area is 117 Å². The van der Waals surface area contributed by atoms with E-state index in [4.69, 9.17) is 5.73 Å². The molecule has 2 nitrogen and oxygen atoms in total. The first-order chi connectivity index (χ1) is 9.29. The van der Waals surface area contributed by atoms with Crippen LogP contribution in [-0.4, -0.2) is 25.0 Å². The van der Waals surface area contributed by atoms with Crippen molar-refractivity contribution in [3.05, 3.63) is 35.4 Å². The highest BCUT2D eigenvalue weighted by Crippen LogP contribution is 2.41. The zero-order valence-corrected chi connectivity index (χ0v) is 12.0. The first-order valence-electron chi connectivity index (χ1n) is 7.79. The summed E-state index contributed by atoms with van der Waals surface area (Å²) in [5.74, 6) is 1.46. The van der Waals surface area contributed by atoms with Gasteiger partial charge in [-0.25, -0.2) is 0 Å². The summed E-state index contributed by atoms with van der Waals surface area (Å²) in [6.45, 7) is 2.00. The Morgan fingerprint density at radius 3 is 2.37 bits per heavy atom. The van der Waals surface area contributed by atoms with E-state index in [1.165, 1.54) is 49.8 Å². The van der Waals surface area contributed by atoms with Crippen molar-refractivity contribution in [2.75, 3.05) is 20.1 Å². The average molecular weight is 258 g/mol. The molecule has 0 aromatic heterocycles. The smallest absolute Gasteiger partial charge is 0.0385 e. The molecule has 19 heavy (non-hydrogen) atoms. The van der Waals surface area contributed by atoms with Gasteiger partial charge in [0.15, 0.2) is 0 Å². The Hall–Kier alpha value is -0.860. The Morgan fingerprint density at radius 1 is 1.05 bits per heavy atom. The summed E-state index contributed by atoms with van der Waals surface area (Å²) in [5, 5.41) is 0. The van der Waals surface area contributed by atoms with Crippen molar-refractivity contribution >= 4 is 0 Å². The van der Waals surface area contributed by atoms with E-state index in [9.17, 15) is 0 Å². The fourth-order valence-corrected chi connectivity index (χ4v) is 3.58. The fraction of sp³-hybridized carbons (Fsp3) is 0.647. The summed E-state index contributed by atoms with van der Waals surface area (Å²) in [7, 11) is 2.26. The molecule has 2 aliphatic rings. The van der Waals surface area contributed by atoms with Crippen LogP contribution in [0.15, 0.2) is 24.3 Å². The van der Waals surface area contributed by atoms with Crippen molar-refractivity contribution in [3.63, 3.8) is 0 Å². The van der Waals surface area contributed by atoms with Crippen LogP contribution in [0.1, 0.15) is 55.2 Å². The number of rotatable bonds is 3. The molecule has 1 aromatic carbocycles. The third kappa shape index (κ3) is 2.85. The third-order valence-corrected chi connectivity index (χ3v) is 4.89. The number of benzene rings is 1. The minimum Gasteiger partial charge on any atom is -0.330 e. The van der Waals surface area contributed by atoms with Crippen LogP contribution >= 0.6 is 0 Å². The molecule has 2 fully saturated rings. The SMILES string of the molecule is CN1CCCCC(CN)C1c1ccc(C2CC2)cc1. The van der Waals surface area contributed by atoms with Crippen LogP contribution in [0.5, 0.6) is 0 Å². The van der Waals surface area contributed by atoms with Crippen molar-refractivity contribution in [2.45, 2.75) is 44.1 Å². The van der Waals surface area contributed by atoms with Gasteiger partial charge in [-0.3, -0.25) is 4.90 Å². The van der Waals surface area contributed by atoms with Crippen molar-refractivity contribution in [2.24, 2.45) is 11.7 Å². The Morgan fingerprint density at radius 2 is 1.74 bits per heavy atom. The molecule has 0 bridgehead atoms. The Kier molecular flexibility index (Phi) is 3.90. The molecule has 2 unspecified atom stereocenters. The first kappa shape index (κ1) is 13.1. The second kappa shape index (κ2) is 5.64. The largest absolute Gasteiger partial charge is 0.330 e. The van der Waals surface area contributed by atoms with Gasteiger partial charge in [0.25, 0.3) is 0 Å². The second-order valence-electron chi connectivity index (χ2n) is 6.36. The van der Waals surface area contributed by atoms with Crippen molar-refractivity contribution < 1.29 is 0 Å². The predicted octanol–water partition coefficient (Wildman–Crippen LogP) is 3.30. The molecule has 104 valence electrons. The van der Waals surface area contributed by atoms with Crippen LogP contribution < -0.4 is 5.73 Å². The molecule has 1 saturated heterocycles. The quantitative estimate of drug-likeness (QED) is 0.901. The molecule has 1 aliphatic carbocycles. The summed E-state index contributed by atoms with van der Waals surface area (Å²) in [4.78, 5) is 2.51. The molecule has 0 spiro atoms. The number of likely N-dealkylation sites (tertiary alicyclic amines) is 1. The van der Waals surface area contributed by atoms with Crippen molar-refractivity contribution in [1.29, 1.82) is 0 Å². The standard InChI is InChI=1S/C17H26N2/c1-19-11-3-2-4-16(12-18)17(19)15-9-7-14(8-10-15)13-5-6-13/h7-10,13,16-17H,2-6,11-12,18H2,1H3. The highest BCUT2D eigenvalue weighted by atomic mass is 15.1. The number of hydrogen-bond donors (Lipinski definition) is 1. The van der Waals surface area contributed by atoms with Crippen molar-refractivity contribution in [3.8, 4) is 0 Å². The molecule has 1 aromatic rings. The second-order valence-corrected chi connectivity index (χ2v) is 6.36. The first-order valence-corrected chi connectivity index (χ1v) is 7.79. The molecular formula is C17H26N2. The van der Waals surface area contributed by atoms with E-state index in [-0.39, 0.29) is 0 Å². The van der Waals surface area contributed by atoms with Gasteiger partial charge >= 0.3 is 0 Å². The maximum Gasteiger partial charge on any atom is 0.0385 e. The number of hydrogen-bond acceptors (Lipinski definition) is 2. The highest BCUT2D eigenvalue weighted by Gasteiger charge is 2.29. The van der Waals surface area contributed by atoms with Gasteiger partial charge in [-0.05, 0) is 68.8 Å². The van der Waals surface area contributed by atoms with E-state index < -0.39 is 0 Å². The van der Waals surface area contributed by atoms with Gasteiger partial charge in [0.05, 0.1) is 0 Å². The lowest BCUT2D eigenvalue weighted by Crippen LogP contribution is -2.32. The summed E-state index contributed by atoms with van der Waals surface area (Å²) < 4.78 is 0. The predicted molar refractivity (Wildman–Crippen MR) is 80.2 cm³/mol. The van der Waals surface area contributed by atoms with Gasteiger partial charge in [-0.2, -0.15) is 0 Å². The van der Waals surface area contributed by atoms with E-state index >= 15 is 0 Å². The van der Waals surface area contributed by atoms with Crippen LogP contribution in [0.3, 0.4) is 0 Å². The molecule has 1 aliphatic heterocycles. The molecule has 1 saturated carbocycles. The van der Waals surface area contributed by atoms with Gasteiger partial charge in [-0.15, -0.1) is 0 Å². The monoisotopic (exact) mass is 258 g/mol. The normalized spacial score (nSPS) is 29.2. The molecule has 0 amide bonds. The lowest BCUT2D eigenvalue weighted by molar-refractivity contribution is 0.196. The van der Waals surface area contributed by atoms with E-state index in [1.54, 1.807) is 0 Å². The highest BCUT2D eigenvalue weighted by molar-refractivity contribution is 5.30. The molecule has 2 atom stereocenters. The maximum absolute atomic E-state index is 6.02. The molecule has 0 radical (unpaired) electrons. The zero-order valence-electron chi connectivity index (χ0n) is 12.0. The van der Waals surface area contributed by atoms with Crippen LogP contribution in [0.2, 0.25) is 0 Å². The van der Waals surface area contributed by atoms with E-state index in [2.05, 4.69) is 36.2 Å². The lowest BCUT2D eigenvalue weighted by Gasteiger charge is -2.32. The molecule has 2 heteroatoms. The minimum absolute atomic E-state index is 0.515. The van der Waals surface area contributed by atoms with Gasteiger partial charge in [0.2, 0.25) is 0 Å².